The molecule has 9 heteroatoms. The van der Waals surface area contributed by atoms with Gasteiger partial charge >= 0.3 is 0 Å². The second-order valence-corrected chi connectivity index (χ2v) is 8.20. The minimum Gasteiger partial charge on any atom is -0.467 e. The fourth-order valence-electron chi connectivity index (χ4n) is 3.00. The molecule has 3 heterocycles. The largest absolute Gasteiger partial charge is 0.467 e. The first kappa shape index (κ1) is 20.2. The van der Waals surface area contributed by atoms with Crippen molar-refractivity contribution in [3.63, 3.8) is 0 Å². The first-order valence-electron chi connectivity index (χ1n) is 9.28. The summed E-state index contributed by atoms with van der Waals surface area (Å²) >= 11 is 7.31. The summed E-state index contributed by atoms with van der Waals surface area (Å²) in [7, 11) is 0. The molecule has 0 aliphatic carbocycles. The van der Waals surface area contributed by atoms with E-state index >= 15 is 0 Å². The van der Waals surface area contributed by atoms with Crippen LogP contribution in [0.15, 0.2) is 53.1 Å². The van der Waals surface area contributed by atoms with Gasteiger partial charge in [-0.1, -0.05) is 23.7 Å². The molecule has 2 N–H and O–H groups in total. The third-order valence-electron chi connectivity index (χ3n) is 4.53. The molecule has 0 aliphatic heterocycles. The molecule has 4 aromatic rings. The molecular weight excluding hydrogens is 424 g/mol. The molecule has 30 heavy (non-hydrogen) atoms. The van der Waals surface area contributed by atoms with E-state index in [9.17, 15) is 9.59 Å². The molecule has 0 spiro atoms. The Hall–Kier alpha value is -3.10. The van der Waals surface area contributed by atoms with Gasteiger partial charge in [-0.2, -0.15) is 5.10 Å². The van der Waals surface area contributed by atoms with Gasteiger partial charge in [-0.05, 0) is 42.8 Å². The molecular formula is C21H19ClN4O3S. The third kappa shape index (κ3) is 4.55. The Bertz CT molecular complexity index is 1180. The van der Waals surface area contributed by atoms with E-state index in [1.165, 1.54) is 11.3 Å². The Morgan fingerprint density at radius 3 is 2.73 bits per heavy atom. The van der Waals surface area contributed by atoms with Gasteiger partial charge in [0, 0.05) is 10.4 Å². The second kappa shape index (κ2) is 8.73. The fourth-order valence-corrected chi connectivity index (χ4v) is 4.21. The lowest BCUT2D eigenvalue weighted by Crippen LogP contribution is -2.36. The van der Waals surface area contributed by atoms with Gasteiger partial charge in [0.2, 0.25) is 5.91 Å². The Labute approximate surface area is 181 Å². The van der Waals surface area contributed by atoms with Crippen molar-refractivity contribution in [3.8, 4) is 0 Å². The highest BCUT2D eigenvalue weighted by Gasteiger charge is 2.17. The zero-order chi connectivity index (χ0) is 21.1. The maximum atomic E-state index is 12.5. The van der Waals surface area contributed by atoms with Crippen molar-refractivity contribution in [2.45, 2.75) is 20.0 Å². The van der Waals surface area contributed by atoms with Crippen molar-refractivity contribution in [2.24, 2.45) is 0 Å². The molecule has 0 radical (unpaired) electrons. The van der Waals surface area contributed by atoms with Crippen LogP contribution in [0, 0.1) is 6.92 Å². The average molecular weight is 443 g/mol. The minimum atomic E-state index is -0.290. The molecule has 0 saturated heterocycles. The molecule has 0 atom stereocenters. The number of thiophene rings is 1. The van der Waals surface area contributed by atoms with Crippen molar-refractivity contribution in [1.82, 2.24) is 20.4 Å². The number of aromatic nitrogens is 2. The van der Waals surface area contributed by atoms with E-state index in [1.807, 2.05) is 41.9 Å². The van der Waals surface area contributed by atoms with Gasteiger partial charge in [-0.25, -0.2) is 0 Å². The number of hydrogen-bond acceptors (Lipinski definition) is 5. The number of fused-ring (bicyclic) bond motifs is 1. The van der Waals surface area contributed by atoms with E-state index in [-0.39, 0.29) is 24.9 Å². The van der Waals surface area contributed by atoms with Crippen LogP contribution in [-0.2, 0) is 17.9 Å². The van der Waals surface area contributed by atoms with E-state index in [1.54, 1.807) is 18.4 Å². The molecule has 1 aromatic carbocycles. The van der Waals surface area contributed by atoms with E-state index in [2.05, 4.69) is 15.7 Å². The number of carbonyl (C=O) groups is 2. The summed E-state index contributed by atoms with van der Waals surface area (Å²) in [5, 5.41) is 11.6. The normalized spacial score (nSPS) is 11.0. The fraction of sp³-hybridized carbons (Fsp3) is 0.190. The summed E-state index contributed by atoms with van der Waals surface area (Å²) in [6, 6.07) is 12.9. The van der Waals surface area contributed by atoms with Crippen molar-refractivity contribution >= 4 is 45.0 Å². The van der Waals surface area contributed by atoms with Crippen LogP contribution in [0.1, 0.15) is 26.7 Å². The summed E-state index contributed by atoms with van der Waals surface area (Å²) in [4.78, 5) is 25.9. The molecule has 3 aromatic heterocycles. The SMILES string of the molecule is Cc1nn(Cc2ccc(Cl)cc2)c2sc(C(=O)NCC(=O)NCc3ccco3)cc12. The van der Waals surface area contributed by atoms with E-state index < -0.39 is 0 Å². The molecule has 0 aliphatic rings. The lowest BCUT2D eigenvalue weighted by Gasteiger charge is -2.05. The topological polar surface area (TPSA) is 89.2 Å². The van der Waals surface area contributed by atoms with E-state index in [0.29, 0.717) is 22.2 Å². The Morgan fingerprint density at radius 2 is 2.00 bits per heavy atom. The second-order valence-electron chi connectivity index (χ2n) is 6.74. The summed E-state index contributed by atoms with van der Waals surface area (Å²) in [6.45, 7) is 2.67. The average Bonchev–Trinajstić information content (AvgIpc) is 3.46. The molecule has 0 saturated carbocycles. The number of hydrogen-bond donors (Lipinski definition) is 2. The quantitative estimate of drug-likeness (QED) is 0.456. The Morgan fingerprint density at radius 1 is 1.20 bits per heavy atom. The molecule has 4 rings (SSSR count). The predicted molar refractivity (Wildman–Crippen MR) is 116 cm³/mol. The standard InChI is InChI=1S/C21H19ClN4O3S/c1-13-17-9-18(20(28)24-11-19(27)23-10-16-3-2-8-29-16)30-21(17)26(25-13)12-14-4-6-15(22)7-5-14/h2-9H,10-12H2,1H3,(H,23,27)(H,24,28). The molecule has 0 bridgehead atoms. The molecule has 2 amide bonds. The van der Waals surface area contributed by atoms with Gasteiger partial charge in [-0.3, -0.25) is 14.3 Å². The molecule has 0 fully saturated rings. The van der Waals surface area contributed by atoms with Crippen molar-refractivity contribution in [3.05, 3.63) is 75.6 Å². The Kier molecular flexibility index (Phi) is 5.87. The lowest BCUT2D eigenvalue weighted by atomic mass is 10.2. The van der Waals surface area contributed by atoms with Gasteiger partial charge in [0.15, 0.2) is 0 Å². The van der Waals surface area contributed by atoms with E-state index in [0.717, 1.165) is 21.5 Å². The monoisotopic (exact) mass is 442 g/mol. The van der Waals surface area contributed by atoms with Crippen LogP contribution >= 0.6 is 22.9 Å². The number of nitrogens with zero attached hydrogens (tertiary/aromatic N) is 2. The first-order chi connectivity index (χ1) is 14.5. The van der Waals surface area contributed by atoms with Crippen LogP contribution in [0.3, 0.4) is 0 Å². The highest BCUT2D eigenvalue weighted by atomic mass is 35.5. The maximum absolute atomic E-state index is 12.5. The van der Waals surface area contributed by atoms with Crippen LogP contribution in [0.25, 0.3) is 10.2 Å². The number of furan rings is 1. The van der Waals surface area contributed by atoms with Gasteiger partial charge in [0.25, 0.3) is 5.91 Å². The number of benzene rings is 1. The maximum Gasteiger partial charge on any atom is 0.261 e. The van der Waals surface area contributed by atoms with Gasteiger partial charge < -0.3 is 15.1 Å². The summed E-state index contributed by atoms with van der Waals surface area (Å²) in [5.74, 6) is 0.0765. The zero-order valence-corrected chi connectivity index (χ0v) is 17.7. The lowest BCUT2D eigenvalue weighted by molar-refractivity contribution is -0.120. The van der Waals surface area contributed by atoms with Crippen LogP contribution in [0.2, 0.25) is 5.02 Å². The van der Waals surface area contributed by atoms with Crippen LogP contribution in [0.4, 0.5) is 0 Å². The summed E-state index contributed by atoms with van der Waals surface area (Å²) in [6.07, 6.45) is 1.54. The van der Waals surface area contributed by atoms with Crippen LogP contribution in [-0.4, -0.2) is 28.1 Å². The van der Waals surface area contributed by atoms with Gasteiger partial charge in [0.05, 0.1) is 36.5 Å². The number of carbonyl (C=O) groups excluding carboxylic acids is 2. The van der Waals surface area contributed by atoms with Crippen LogP contribution < -0.4 is 10.6 Å². The number of aryl methyl sites for hydroxylation is 1. The van der Waals surface area contributed by atoms with Crippen molar-refractivity contribution in [1.29, 1.82) is 0 Å². The summed E-state index contributed by atoms with van der Waals surface area (Å²) in [5.41, 5.74) is 1.92. The highest BCUT2D eigenvalue weighted by Crippen LogP contribution is 2.29. The van der Waals surface area contributed by atoms with Crippen LogP contribution in [0.5, 0.6) is 0 Å². The first-order valence-corrected chi connectivity index (χ1v) is 10.5. The molecule has 7 nitrogen and oxygen atoms in total. The van der Waals surface area contributed by atoms with Gasteiger partial charge in [-0.15, -0.1) is 11.3 Å². The molecule has 0 unspecified atom stereocenters. The minimum absolute atomic E-state index is 0.107. The number of nitrogens with one attached hydrogen (secondary N) is 2. The van der Waals surface area contributed by atoms with Crippen molar-refractivity contribution < 1.29 is 14.0 Å². The zero-order valence-electron chi connectivity index (χ0n) is 16.1. The van der Waals surface area contributed by atoms with Crippen molar-refractivity contribution in [2.75, 3.05) is 6.54 Å². The predicted octanol–water partition coefficient (Wildman–Crippen LogP) is 3.75. The number of halogens is 1. The smallest absolute Gasteiger partial charge is 0.261 e. The summed E-state index contributed by atoms with van der Waals surface area (Å²) < 4.78 is 7.04. The number of rotatable bonds is 7. The van der Waals surface area contributed by atoms with Gasteiger partial charge in [0.1, 0.15) is 10.6 Å². The third-order valence-corrected chi connectivity index (χ3v) is 5.93. The Balaban J connectivity index is 1.40. The number of amides is 2. The molecule has 154 valence electrons. The van der Waals surface area contributed by atoms with E-state index in [4.69, 9.17) is 16.0 Å². The highest BCUT2D eigenvalue weighted by molar-refractivity contribution is 7.20.